The average Bonchev–Trinajstić information content (AvgIpc) is 3.24. The fourth-order valence-electron chi connectivity index (χ4n) is 2.37. The number of thiophene rings is 1. The van der Waals surface area contributed by atoms with E-state index in [0.717, 1.165) is 9.35 Å². The molecule has 3 rings (SSSR count). The van der Waals surface area contributed by atoms with Crippen LogP contribution in [0.2, 0.25) is 0 Å². The molecule has 130 valence electrons. The van der Waals surface area contributed by atoms with Crippen molar-refractivity contribution in [1.29, 1.82) is 0 Å². The van der Waals surface area contributed by atoms with Gasteiger partial charge in [0, 0.05) is 11.0 Å². The molecule has 2 heterocycles. The molecule has 2 aromatic heterocycles. The van der Waals surface area contributed by atoms with E-state index in [1.54, 1.807) is 17.6 Å². The summed E-state index contributed by atoms with van der Waals surface area (Å²) in [5.74, 6) is 0.0404. The molecular formula is C16H14BrFN4OS2. The minimum absolute atomic E-state index is 0.209. The summed E-state index contributed by atoms with van der Waals surface area (Å²) in [5.41, 5.74) is 0.662. The van der Waals surface area contributed by atoms with Gasteiger partial charge in [0.1, 0.15) is 11.9 Å². The molecule has 0 bridgehead atoms. The van der Waals surface area contributed by atoms with E-state index < -0.39 is 6.04 Å². The van der Waals surface area contributed by atoms with Crippen LogP contribution in [0.3, 0.4) is 0 Å². The first-order chi connectivity index (χ1) is 12.0. The van der Waals surface area contributed by atoms with E-state index in [-0.39, 0.29) is 18.3 Å². The molecule has 0 aliphatic carbocycles. The van der Waals surface area contributed by atoms with E-state index in [1.165, 1.54) is 23.5 Å². The van der Waals surface area contributed by atoms with Crippen molar-refractivity contribution in [3.8, 4) is 10.7 Å². The zero-order valence-corrected chi connectivity index (χ0v) is 16.3. The third-order valence-electron chi connectivity index (χ3n) is 3.67. The monoisotopic (exact) mass is 440 g/mol. The summed E-state index contributed by atoms with van der Waals surface area (Å²) in [5, 5.41) is 11.7. The Morgan fingerprint density at radius 2 is 2.32 bits per heavy atom. The number of hydrogen-bond acceptors (Lipinski definition) is 4. The van der Waals surface area contributed by atoms with Gasteiger partial charge in [0.15, 0.2) is 10.6 Å². The molecule has 0 aliphatic heterocycles. The number of aromatic nitrogens is 3. The van der Waals surface area contributed by atoms with Gasteiger partial charge in [-0.25, -0.2) is 4.39 Å². The molecule has 0 spiro atoms. The molecule has 0 radical (unpaired) electrons. The van der Waals surface area contributed by atoms with Crippen molar-refractivity contribution < 1.29 is 9.18 Å². The van der Waals surface area contributed by atoms with Crippen molar-refractivity contribution >= 4 is 45.4 Å². The van der Waals surface area contributed by atoms with Crippen LogP contribution in [0.4, 0.5) is 4.39 Å². The Morgan fingerprint density at radius 1 is 1.52 bits per heavy atom. The molecule has 1 atom stereocenters. The van der Waals surface area contributed by atoms with Crippen molar-refractivity contribution in [2.75, 3.05) is 0 Å². The van der Waals surface area contributed by atoms with E-state index in [4.69, 9.17) is 12.2 Å². The number of rotatable bonds is 5. The van der Waals surface area contributed by atoms with Gasteiger partial charge in [-0.05, 0) is 54.4 Å². The summed E-state index contributed by atoms with van der Waals surface area (Å²) in [6.45, 7) is 1.96. The Bertz CT molecular complexity index is 951. The molecule has 2 N–H and O–H groups in total. The number of amides is 1. The zero-order valence-electron chi connectivity index (χ0n) is 13.1. The summed E-state index contributed by atoms with van der Waals surface area (Å²) >= 11 is 10.1. The van der Waals surface area contributed by atoms with Crippen molar-refractivity contribution in [3.05, 3.63) is 56.3 Å². The van der Waals surface area contributed by atoms with E-state index in [2.05, 4.69) is 31.4 Å². The highest BCUT2D eigenvalue weighted by Crippen LogP contribution is 2.25. The van der Waals surface area contributed by atoms with E-state index in [9.17, 15) is 9.18 Å². The summed E-state index contributed by atoms with van der Waals surface area (Å²) in [4.78, 5) is 13.5. The second-order valence-corrected chi connectivity index (χ2v) is 7.52. The molecule has 0 saturated carbocycles. The maximum absolute atomic E-state index is 13.4. The largest absolute Gasteiger partial charge is 0.350 e. The smallest absolute Gasteiger partial charge is 0.243 e. The van der Waals surface area contributed by atoms with Gasteiger partial charge >= 0.3 is 0 Å². The lowest BCUT2D eigenvalue weighted by Gasteiger charge is -2.15. The summed E-state index contributed by atoms with van der Waals surface area (Å²) in [6, 6.07) is 7.62. The number of carbonyl (C=O) groups excluding carboxylic acids is 1. The van der Waals surface area contributed by atoms with Crippen molar-refractivity contribution in [1.82, 2.24) is 20.1 Å². The van der Waals surface area contributed by atoms with Crippen molar-refractivity contribution in [3.63, 3.8) is 0 Å². The number of aromatic amines is 1. The Labute approximate surface area is 161 Å². The summed E-state index contributed by atoms with van der Waals surface area (Å²) < 4.78 is 16.1. The average molecular weight is 441 g/mol. The highest BCUT2D eigenvalue weighted by molar-refractivity contribution is 9.10. The van der Waals surface area contributed by atoms with Crippen LogP contribution in [0, 0.1) is 10.6 Å². The maximum Gasteiger partial charge on any atom is 0.243 e. The summed E-state index contributed by atoms with van der Waals surface area (Å²) in [6.07, 6.45) is 0. The van der Waals surface area contributed by atoms with Gasteiger partial charge < -0.3 is 5.32 Å². The molecule has 3 aromatic rings. The molecule has 1 amide bonds. The molecule has 0 fully saturated rings. The van der Waals surface area contributed by atoms with Crippen LogP contribution in [0.15, 0.2) is 40.2 Å². The standard InChI is InChI=1S/C16H14BrFN4OS2/c1-9(15(23)19-8-10-7-11(18)4-5-12(10)17)22-14(20-21-16(22)24)13-3-2-6-25-13/h2-7,9H,8H2,1H3,(H,19,23)(H,21,24)/t9-/m0/s1. The fourth-order valence-corrected chi connectivity index (χ4v) is 3.76. The van der Waals surface area contributed by atoms with Crippen LogP contribution in [-0.4, -0.2) is 20.7 Å². The number of carbonyl (C=O) groups is 1. The van der Waals surface area contributed by atoms with Crippen molar-refractivity contribution in [2.24, 2.45) is 0 Å². The normalized spacial score (nSPS) is 12.1. The third kappa shape index (κ3) is 3.88. The van der Waals surface area contributed by atoms with Gasteiger partial charge in [-0.3, -0.25) is 14.5 Å². The van der Waals surface area contributed by atoms with Crippen LogP contribution in [-0.2, 0) is 11.3 Å². The topological polar surface area (TPSA) is 62.7 Å². The van der Waals surface area contributed by atoms with Crippen LogP contribution in [0.1, 0.15) is 18.5 Å². The number of H-pyrrole nitrogens is 1. The molecule has 0 saturated heterocycles. The molecule has 9 heteroatoms. The van der Waals surface area contributed by atoms with E-state index in [0.29, 0.717) is 16.2 Å². The molecule has 1 aromatic carbocycles. The Balaban J connectivity index is 1.78. The maximum atomic E-state index is 13.4. The van der Waals surface area contributed by atoms with Gasteiger partial charge in [0.25, 0.3) is 0 Å². The Hall–Kier alpha value is -1.84. The first-order valence-corrected chi connectivity index (χ1v) is 9.48. The van der Waals surface area contributed by atoms with Crippen LogP contribution in [0.25, 0.3) is 10.7 Å². The summed E-state index contributed by atoms with van der Waals surface area (Å²) in [7, 11) is 0. The van der Waals surface area contributed by atoms with Crippen LogP contribution >= 0.6 is 39.5 Å². The van der Waals surface area contributed by atoms with Crippen LogP contribution < -0.4 is 5.32 Å². The first kappa shape index (κ1) is 18.0. The first-order valence-electron chi connectivity index (χ1n) is 7.40. The number of nitrogens with one attached hydrogen (secondary N) is 2. The zero-order chi connectivity index (χ0) is 18.0. The van der Waals surface area contributed by atoms with Gasteiger partial charge in [-0.1, -0.05) is 22.0 Å². The molecular weight excluding hydrogens is 427 g/mol. The lowest BCUT2D eigenvalue weighted by molar-refractivity contribution is -0.124. The quantitative estimate of drug-likeness (QED) is 0.576. The minimum atomic E-state index is -0.560. The van der Waals surface area contributed by atoms with Gasteiger partial charge in [-0.2, -0.15) is 5.10 Å². The highest BCUT2D eigenvalue weighted by Gasteiger charge is 2.21. The number of halogens is 2. The number of nitrogens with zero attached hydrogens (tertiary/aromatic N) is 2. The second-order valence-electron chi connectivity index (χ2n) is 5.33. The van der Waals surface area contributed by atoms with Gasteiger partial charge in [0.2, 0.25) is 5.91 Å². The Morgan fingerprint density at radius 3 is 3.04 bits per heavy atom. The lowest BCUT2D eigenvalue weighted by Crippen LogP contribution is -2.31. The second kappa shape index (κ2) is 7.59. The minimum Gasteiger partial charge on any atom is -0.350 e. The number of hydrogen-bond donors (Lipinski definition) is 2. The SMILES string of the molecule is C[C@@H](C(=O)NCc1cc(F)ccc1Br)n1c(-c2cccs2)n[nH]c1=S. The third-order valence-corrected chi connectivity index (χ3v) is 5.60. The molecule has 5 nitrogen and oxygen atoms in total. The molecule has 0 unspecified atom stereocenters. The van der Waals surface area contributed by atoms with Crippen molar-refractivity contribution in [2.45, 2.75) is 19.5 Å². The Kier molecular flexibility index (Phi) is 5.45. The molecule has 0 aliphatic rings. The van der Waals surface area contributed by atoms with Gasteiger partial charge in [-0.15, -0.1) is 11.3 Å². The lowest BCUT2D eigenvalue weighted by atomic mass is 10.2. The molecule has 25 heavy (non-hydrogen) atoms. The van der Waals surface area contributed by atoms with E-state index >= 15 is 0 Å². The fraction of sp³-hybridized carbons (Fsp3) is 0.188. The predicted octanol–water partition coefficient (Wildman–Crippen LogP) is 4.45. The van der Waals surface area contributed by atoms with Gasteiger partial charge in [0.05, 0.1) is 4.88 Å². The van der Waals surface area contributed by atoms with Crippen LogP contribution in [0.5, 0.6) is 0 Å². The number of benzene rings is 1. The predicted molar refractivity (Wildman–Crippen MR) is 101 cm³/mol. The van der Waals surface area contributed by atoms with E-state index in [1.807, 2.05) is 17.5 Å². The highest BCUT2D eigenvalue weighted by atomic mass is 79.9.